The van der Waals surface area contributed by atoms with E-state index in [0.29, 0.717) is 12.3 Å². The number of nitrogens with one attached hydrogen (secondary N) is 1. The lowest BCUT2D eigenvalue weighted by Crippen LogP contribution is -2.46. The van der Waals surface area contributed by atoms with Gasteiger partial charge in [0, 0.05) is 12.5 Å². The quantitative estimate of drug-likeness (QED) is 0.794. The Labute approximate surface area is 143 Å². The van der Waals surface area contributed by atoms with E-state index in [1.165, 1.54) is 0 Å². The lowest BCUT2D eigenvalue weighted by molar-refractivity contribution is -0.122. The largest absolute Gasteiger partial charge is 0.370 e. The molecular formula is C17H29N5O2. The van der Waals surface area contributed by atoms with Gasteiger partial charge in [-0.25, -0.2) is 4.68 Å². The predicted molar refractivity (Wildman–Crippen MR) is 93.4 cm³/mol. The molecule has 1 aromatic rings. The molecule has 7 nitrogen and oxygen atoms in total. The van der Waals surface area contributed by atoms with Gasteiger partial charge in [-0.05, 0) is 52.1 Å². The van der Waals surface area contributed by atoms with Gasteiger partial charge in [0.2, 0.25) is 11.8 Å². The summed E-state index contributed by atoms with van der Waals surface area (Å²) in [5, 5.41) is 7.29. The zero-order chi connectivity index (χ0) is 17.7. The number of carbonyl (C=O) groups excluding carboxylic acids is 2. The van der Waals surface area contributed by atoms with E-state index >= 15 is 0 Å². The van der Waals surface area contributed by atoms with Gasteiger partial charge in [0.25, 0.3) is 0 Å². The Morgan fingerprint density at radius 2 is 2.04 bits per heavy atom. The third kappa shape index (κ3) is 4.56. The van der Waals surface area contributed by atoms with E-state index in [-0.39, 0.29) is 23.9 Å². The van der Waals surface area contributed by atoms with Crippen molar-refractivity contribution in [1.82, 2.24) is 14.7 Å². The van der Waals surface area contributed by atoms with Gasteiger partial charge in [-0.15, -0.1) is 0 Å². The number of hydrogen-bond acceptors (Lipinski definition) is 4. The fourth-order valence-corrected chi connectivity index (χ4v) is 3.16. The van der Waals surface area contributed by atoms with Gasteiger partial charge in [0.05, 0.1) is 18.3 Å². The van der Waals surface area contributed by atoms with Crippen LogP contribution in [0.4, 0.5) is 5.82 Å². The monoisotopic (exact) mass is 335 g/mol. The van der Waals surface area contributed by atoms with E-state index in [2.05, 4.69) is 29.2 Å². The Bertz CT molecular complexity index is 563. The standard InChI is InChI=1S/C17H29N5O2/c1-4-12(2)22-16(5-8-19-22)20-17(24)13(3)21-9-6-14(7-10-21)11-15(18)23/h5,8,12-14H,4,6-7,9-11H2,1-3H3,(H2,18,23)(H,20,24)/t12-,13-/m1/s1. The molecule has 0 aliphatic carbocycles. The molecule has 0 aromatic carbocycles. The number of piperidine rings is 1. The maximum Gasteiger partial charge on any atom is 0.242 e. The molecular weight excluding hydrogens is 306 g/mol. The van der Waals surface area contributed by atoms with Crippen molar-refractivity contribution >= 4 is 17.6 Å². The van der Waals surface area contributed by atoms with E-state index < -0.39 is 0 Å². The molecule has 2 amide bonds. The first-order valence-corrected chi connectivity index (χ1v) is 8.79. The number of nitrogens with zero attached hydrogens (tertiary/aromatic N) is 3. The average Bonchev–Trinajstić information content (AvgIpc) is 3.01. The number of likely N-dealkylation sites (tertiary alicyclic amines) is 1. The van der Waals surface area contributed by atoms with Crippen LogP contribution in [0.15, 0.2) is 12.3 Å². The molecule has 2 rings (SSSR count). The zero-order valence-corrected chi connectivity index (χ0v) is 14.9. The molecule has 0 radical (unpaired) electrons. The summed E-state index contributed by atoms with van der Waals surface area (Å²) in [6, 6.07) is 1.87. The van der Waals surface area contributed by atoms with Crippen molar-refractivity contribution in [2.75, 3.05) is 18.4 Å². The SMILES string of the molecule is CC[C@@H](C)n1nccc1NC(=O)[C@@H](C)N1CCC(CC(N)=O)CC1. The number of nitrogens with two attached hydrogens (primary N) is 1. The fraction of sp³-hybridized carbons (Fsp3) is 0.706. The summed E-state index contributed by atoms with van der Waals surface area (Å²) >= 11 is 0. The van der Waals surface area contributed by atoms with Crippen molar-refractivity contribution in [1.29, 1.82) is 0 Å². The lowest BCUT2D eigenvalue weighted by Gasteiger charge is -2.35. The Hall–Kier alpha value is -1.89. The smallest absolute Gasteiger partial charge is 0.242 e. The summed E-state index contributed by atoms with van der Waals surface area (Å²) in [7, 11) is 0. The molecule has 2 atom stereocenters. The van der Waals surface area contributed by atoms with Gasteiger partial charge in [-0.3, -0.25) is 14.5 Å². The molecule has 1 aromatic heterocycles. The van der Waals surface area contributed by atoms with E-state index in [1.54, 1.807) is 6.20 Å². The molecule has 0 spiro atoms. The minimum Gasteiger partial charge on any atom is -0.370 e. The third-order valence-electron chi connectivity index (χ3n) is 5.00. The third-order valence-corrected chi connectivity index (χ3v) is 5.00. The minimum atomic E-state index is -0.238. The molecule has 0 saturated carbocycles. The van der Waals surface area contributed by atoms with Crippen molar-refractivity contribution in [2.45, 2.75) is 58.5 Å². The summed E-state index contributed by atoms with van der Waals surface area (Å²) < 4.78 is 1.85. The van der Waals surface area contributed by atoms with E-state index in [1.807, 2.05) is 17.7 Å². The molecule has 1 aliphatic rings. The average molecular weight is 335 g/mol. The molecule has 0 bridgehead atoms. The van der Waals surface area contributed by atoms with Crippen LogP contribution >= 0.6 is 0 Å². The second kappa shape index (κ2) is 8.28. The second-order valence-electron chi connectivity index (χ2n) is 6.73. The topological polar surface area (TPSA) is 93.2 Å². The minimum absolute atomic E-state index is 0.0200. The van der Waals surface area contributed by atoms with Crippen molar-refractivity contribution in [2.24, 2.45) is 11.7 Å². The number of primary amides is 1. The fourth-order valence-electron chi connectivity index (χ4n) is 3.16. The van der Waals surface area contributed by atoms with Gasteiger partial charge in [-0.2, -0.15) is 5.10 Å². The molecule has 1 fully saturated rings. The van der Waals surface area contributed by atoms with Crippen molar-refractivity contribution in [3.8, 4) is 0 Å². The lowest BCUT2D eigenvalue weighted by atomic mass is 9.92. The highest BCUT2D eigenvalue weighted by Crippen LogP contribution is 2.22. The van der Waals surface area contributed by atoms with Gasteiger partial charge < -0.3 is 11.1 Å². The van der Waals surface area contributed by atoms with E-state index in [0.717, 1.165) is 38.2 Å². The number of anilines is 1. The predicted octanol–water partition coefficient (Wildman–Crippen LogP) is 1.77. The molecule has 7 heteroatoms. The highest BCUT2D eigenvalue weighted by Gasteiger charge is 2.27. The first-order valence-electron chi connectivity index (χ1n) is 8.79. The van der Waals surface area contributed by atoms with Crippen LogP contribution < -0.4 is 11.1 Å². The van der Waals surface area contributed by atoms with Crippen molar-refractivity contribution in [3.63, 3.8) is 0 Å². The maximum atomic E-state index is 12.6. The summed E-state index contributed by atoms with van der Waals surface area (Å²) in [6.45, 7) is 7.73. The summed E-state index contributed by atoms with van der Waals surface area (Å²) in [4.78, 5) is 25.7. The normalized spacial score (nSPS) is 19.0. The molecule has 1 aliphatic heterocycles. The Morgan fingerprint density at radius 3 is 2.62 bits per heavy atom. The highest BCUT2D eigenvalue weighted by molar-refractivity contribution is 5.93. The number of hydrogen-bond donors (Lipinski definition) is 2. The summed E-state index contributed by atoms with van der Waals surface area (Å²) in [5.74, 6) is 0.830. The molecule has 3 N–H and O–H groups in total. The number of rotatable bonds is 7. The van der Waals surface area contributed by atoms with Gasteiger partial charge in [-0.1, -0.05) is 6.92 Å². The van der Waals surface area contributed by atoms with Crippen LogP contribution in [0.5, 0.6) is 0 Å². The first kappa shape index (κ1) is 18.4. The first-order chi connectivity index (χ1) is 11.4. The molecule has 24 heavy (non-hydrogen) atoms. The van der Waals surface area contributed by atoms with Gasteiger partial charge in [0.1, 0.15) is 5.82 Å². The van der Waals surface area contributed by atoms with Crippen LogP contribution in [0.1, 0.15) is 52.5 Å². The molecule has 2 heterocycles. The van der Waals surface area contributed by atoms with Crippen LogP contribution in [0.3, 0.4) is 0 Å². The van der Waals surface area contributed by atoms with Crippen LogP contribution in [0.2, 0.25) is 0 Å². The number of amides is 2. The van der Waals surface area contributed by atoms with E-state index in [9.17, 15) is 9.59 Å². The Balaban J connectivity index is 1.89. The molecule has 1 saturated heterocycles. The summed E-state index contributed by atoms with van der Waals surface area (Å²) in [5.41, 5.74) is 5.27. The van der Waals surface area contributed by atoms with E-state index in [4.69, 9.17) is 5.73 Å². The zero-order valence-electron chi connectivity index (χ0n) is 14.9. The Morgan fingerprint density at radius 1 is 1.38 bits per heavy atom. The van der Waals surface area contributed by atoms with Crippen molar-refractivity contribution < 1.29 is 9.59 Å². The number of aromatic nitrogens is 2. The van der Waals surface area contributed by atoms with Gasteiger partial charge >= 0.3 is 0 Å². The van der Waals surface area contributed by atoms with Crippen molar-refractivity contribution in [3.05, 3.63) is 12.3 Å². The summed E-state index contributed by atoms with van der Waals surface area (Å²) in [6.07, 6.45) is 4.93. The van der Waals surface area contributed by atoms with Crippen LogP contribution in [0.25, 0.3) is 0 Å². The van der Waals surface area contributed by atoms with Crippen LogP contribution in [0, 0.1) is 5.92 Å². The molecule has 134 valence electrons. The maximum absolute atomic E-state index is 12.6. The van der Waals surface area contributed by atoms with Crippen LogP contribution in [-0.2, 0) is 9.59 Å². The van der Waals surface area contributed by atoms with Gasteiger partial charge in [0.15, 0.2) is 0 Å². The number of carbonyl (C=O) groups is 2. The Kier molecular flexibility index (Phi) is 6.36. The highest BCUT2D eigenvalue weighted by atomic mass is 16.2. The molecule has 0 unspecified atom stereocenters. The second-order valence-corrected chi connectivity index (χ2v) is 6.73. The van der Waals surface area contributed by atoms with Crippen LogP contribution in [-0.4, -0.2) is 45.6 Å².